The van der Waals surface area contributed by atoms with Crippen LogP contribution in [0.15, 0.2) is 18.2 Å². The van der Waals surface area contributed by atoms with Crippen molar-refractivity contribution in [3.63, 3.8) is 0 Å². The molecule has 0 amide bonds. The van der Waals surface area contributed by atoms with Gasteiger partial charge in [0.15, 0.2) is 0 Å². The summed E-state index contributed by atoms with van der Waals surface area (Å²) < 4.78 is 5.76. The molecule has 0 aliphatic carbocycles. The topological polar surface area (TPSA) is 33.0 Å². The number of alkyl halides is 1. The molecule has 0 unspecified atom stereocenters. The van der Waals surface area contributed by atoms with Gasteiger partial charge in [-0.25, -0.2) is 0 Å². The number of benzene rings is 1. The maximum atomic E-state index is 8.93. The van der Waals surface area contributed by atoms with E-state index in [4.69, 9.17) is 21.6 Å². The molecule has 0 fully saturated rings. The van der Waals surface area contributed by atoms with Gasteiger partial charge in [0.2, 0.25) is 0 Å². The maximum Gasteiger partial charge on any atom is 0.124 e. The van der Waals surface area contributed by atoms with Crippen LogP contribution in [0.1, 0.15) is 38.7 Å². The van der Waals surface area contributed by atoms with Gasteiger partial charge in [-0.2, -0.15) is 5.26 Å². The summed E-state index contributed by atoms with van der Waals surface area (Å²) in [6, 6.07) is 8.00. The number of nitriles is 1. The summed E-state index contributed by atoms with van der Waals surface area (Å²) in [6.45, 7) is 4.59. The second-order valence-electron chi connectivity index (χ2n) is 5.15. The number of hydrogen-bond acceptors (Lipinski definition) is 2. The normalized spacial score (nSPS) is 11.1. The van der Waals surface area contributed by atoms with Gasteiger partial charge < -0.3 is 4.74 Å². The van der Waals surface area contributed by atoms with Crippen molar-refractivity contribution < 1.29 is 4.74 Å². The lowest BCUT2D eigenvalue weighted by atomic mass is 9.89. The molecule has 0 bridgehead atoms. The maximum absolute atomic E-state index is 8.93. The van der Waals surface area contributed by atoms with Crippen LogP contribution in [0.5, 0.6) is 5.75 Å². The molecule has 1 rings (SSSR count). The Balaban J connectivity index is 2.39. The Morgan fingerprint density at radius 2 is 2.11 bits per heavy atom. The third kappa shape index (κ3) is 5.42. The van der Waals surface area contributed by atoms with E-state index in [1.165, 1.54) is 0 Å². The third-order valence-electron chi connectivity index (χ3n) is 2.97. The van der Waals surface area contributed by atoms with Gasteiger partial charge in [-0.1, -0.05) is 33.6 Å². The fourth-order valence-electron chi connectivity index (χ4n) is 1.71. The SMILES string of the molecule is CC(C)(C#N)CCCCOc1cccc(Cl)c1CBr. The lowest BCUT2D eigenvalue weighted by Crippen LogP contribution is -2.08. The van der Waals surface area contributed by atoms with E-state index in [-0.39, 0.29) is 5.41 Å². The second kappa shape index (κ2) is 7.77. The Morgan fingerprint density at radius 1 is 1.37 bits per heavy atom. The van der Waals surface area contributed by atoms with Crippen molar-refractivity contribution >= 4 is 27.5 Å². The van der Waals surface area contributed by atoms with Crippen LogP contribution in [0.25, 0.3) is 0 Å². The van der Waals surface area contributed by atoms with Crippen molar-refractivity contribution in [1.29, 1.82) is 5.26 Å². The first-order valence-electron chi connectivity index (χ1n) is 6.37. The van der Waals surface area contributed by atoms with Crippen LogP contribution in [0, 0.1) is 16.7 Å². The molecule has 0 radical (unpaired) electrons. The highest BCUT2D eigenvalue weighted by molar-refractivity contribution is 9.08. The summed E-state index contributed by atoms with van der Waals surface area (Å²) in [7, 11) is 0. The monoisotopic (exact) mass is 343 g/mol. The summed E-state index contributed by atoms with van der Waals surface area (Å²) in [4.78, 5) is 0. The molecule has 0 saturated heterocycles. The lowest BCUT2D eigenvalue weighted by Gasteiger charge is -2.15. The summed E-state index contributed by atoms with van der Waals surface area (Å²) >= 11 is 9.52. The van der Waals surface area contributed by atoms with Crippen LogP contribution in [0.3, 0.4) is 0 Å². The fraction of sp³-hybridized carbons (Fsp3) is 0.533. The van der Waals surface area contributed by atoms with Gasteiger partial charge >= 0.3 is 0 Å². The van der Waals surface area contributed by atoms with Gasteiger partial charge in [0.1, 0.15) is 5.75 Å². The Kier molecular flexibility index (Phi) is 6.68. The summed E-state index contributed by atoms with van der Waals surface area (Å²) in [5, 5.41) is 10.3. The number of halogens is 2. The van der Waals surface area contributed by atoms with Crippen molar-refractivity contribution in [2.75, 3.05) is 6.61 Å². The zero-order chi connectivity index (χ0) is 14.3. The van der Waals surface area contributed by atoms with E-state index in [1.807, 2.05) is 32.0 Å². The smallest absolute Gasteiger partial charge is 0.124 e. The molecular weight excluding hydrogens is 326 g/mol. The minimum Gasteiger partial charge on any atom is -0.493 e. The molecule has 0 spiro atoms. The van der Waals surface area contributed by atoms with E-state index < -0.39 is 0 Å². The quantitative estimate of drug-likeness (QED) is 0.494. The predicted molar refractivity (Wildman–Crippen MR) is 82.8 cm³/mol. The van der Waals surface area contributed by atoms with Crippen LogP contribution in [-0.4, -0.2) is 6.61 Å². The van der Waals surface area contributed by atoms with Crippen LogP contribution >= 0.6 is 27.5 Å². The van der Waals surface area contributed by atoms with Crippen LogP contribution in [0.2, 0.25) is 5.02 Å². The molecule has 2 nitrogen and oxygen atoms in total. The van der Waals surface area contributed by atoms with E-state index in [0.29, 0.717) is 11.9 Å². The van der Waals surface area contributed by atoms with Gasteiger partial charge in [0, 0.05) is 15.9 Å². The largest absolute Gasteiger partial charge is 0.493 e. The van der Waals surface area contributed by atoms with Crippen LogP contribution < -0.4 is 4.74 Å². The van der Waals surface area contributed by atoms with Gasteiger partial charge in [-0.15, -0.1) is 0 Å². The van der Waals surface area contributed by atoms with E-state index in [2.05, 4.69) is 22.0 Å². The van der Waals surface area contributed by atoms with E-state index in [9.17, 15) is 0 Å². The van der Waals surface area contributed by atoms with Crippen LogP contribution in [0.4, 0.5) is 0 Å². The molecule has 0 atom stereocenters. The zero-order valence-electron chi connectivity index (χ0n) is 11.4. The number of hydrogen-bond donors (Lipinski definition) is 0. The molecule has 0 aromatic heterocycles. The molecule has 0 aliphatic heterocycles. The number of ether oxygens (including phenoxy) is 1. The number of rotatable bonds is 7. The molecule has 1 aromatic rings. The van der Waals surface area contributed by atoms with Gasteiger partial charge in [-0.05, 0) is 45.2 Å². The molecule has 104 valence electrons. The van der Waals surface area contributed by atoms with Gasteiger partial charge in [-0.3, -0.25) is 0 Å². The lowest BCUT2D eigenvalue weighted by molar-refractivity contribution is 0.293. The highest BCUT2D eigenvalue weighted by atomic mass is 79.9. The van der Waals surface area contributed by atoms with Gasteiger partial charge in [0.25, 0.3) is 0 Å². The van der Waals surface area contributed by atoms with E-state index in [0.717, 1.165) is 35.6 Å². The number of unbranched alkanes of at least 4 members (excludes halogenated alkanes) is 1. The minimum atomic E-state index is -0.239. The molecule has 0 saturated carbocycles. The van der Waals surface area contributed by atoms with Crippen molar-refractivity contribution in [2.24, 2.45) is 5.41 Å². The first-order valence-corrected chi connectivity index (χ1v) is 7.87. The molecule has 0 heterocycles. The summed E-state index contributed by atoms with van der Waals surface area (Å²) in [6.07, 6.45) is 2.83. The van der Waals surface area contributed by atoms with Crippen molar-refractivity contribution in [3.8, 4) is 11.8 Å². The van der Waals surface area contributed by atoms with Crippen molar-refractivity contribution in [3.05, 3.63) is 28.8 Å². The van der Waals surface area contributed by atoms with E-state index >= 15 is 0 Å². The molecule has 4 heteroatoms. The third-order valence-corrected chi connectivity index (χ3v) is 3.88. The number of nitrogens with zero attached hydrogens (tertiary/aromatic N) is 1. The molecule has 1 aromatic carbocycles. The Morgan fingerprint density at radius 3 is 2.74 bits per heavy atom. The highest BCUT2D eigenvalue weighted by Crippen LogP contribution is 2.29. The first kappa shape index (κ1) is 16.3. The molecule has 0 aliphatic rings. The Bertz CT molecular complexity index is 454. The fourth-order valence-corrected chi connectivity index (χ4v) is 2.68. The van der Waals surface area contributed by atoms with Gasteiger partial charge in [0.05, 0.1) is 18.1 Å². The van der Waals surface area contributed by atoms with Crippen molar-refractivity contribution in [2.45, 2.75) is 38.4 Å². The van der Waals surface area contributed by atoms with Crippen molar-refractivity contribution in [1.82, 2.24) is 0 Å². The molecular formula is C15H19BrClNO. The predicted octanol–water partition coefficient (Wildman–Crippen LogP) is 5.33. The average Bonchev–Trinajstić information content (AvgIpc) is 2.38. The molecule has 0 N–H and O–H groups in total. The zero-order valence-corrected chi connectivity index (χ0v) is 13.7. The van der Waals surface area contributed by atoms with Crippen LogP contribution in [-0.2, 0) is 5.33 Å². The summed E-state index contributed by atoms with van der Waals surface area (Å²) in [5.41, 5.74) is 0.749. The minimum absolute atomic E-state index is 0.239. The highest BCUT2D eigenvalue weighted by Gasteiger charge is 2.15. The van der Waals surface area contributed by atoms with E-state index in [1.54, 1.807) is 0 Å². The molecule has 19 heavy (non-hydrogen) atoms. The average molecular weight is 345 g/mol. The first-order chi connectivity index (χ1) is 9.00. The second-order valence-corrected chi connectivity index (χ2v) is 6.12. The Hall–Kier alpha value is -0.720. The standard InChI is InChI=1S/C15H19BrClNO/c1-15(2,11-18)8-3-4-9-19-14-7-5-6-13(17)12(14)10-16/h5-7H,3-4,8-10H2,1-2H3. The Labute approximate surface area is 128 Å². The summed E-state index contributed by atoms with van der Waals surface area (Å²) in [5.74, 6) is 0.837.